The van der Waals surface area contributed by atoms with Gasteiger partial charge >= 0.3 is 0 Å². The standard InChI is InChI=1S/C10H13BrN2O4S/c1-6-7(16-13-9(6)11)5-18(14,15)8-4-10(2,3)17-12-8/h4-5H2,1-3H3. The molecule has 0 aliphatic carbocycles. The highest BCUT2D eigenvalue weighted by molar-refractivity contribution is 9.10. The van der Waals surface area contributed by atoms with Crippen LogP contribution in [0.1, 0.15) is 31.6 Å². The first-order chi connectivity index (χ1) is 8.21. The van der Waals surface area contributed by atoms with E-state index in [2.05, 4.69) is 26.2 Å². The maximum absolute atomic E-state index is 12.1. The average molecular weight is 337 g/mol. The molecule has 0 unspecified atom stereocenters. The third-order valence-electron chi connectivity index (χ3n) is 2.62. The Labute approximate surface area is 113 Å². The van der Waals surface area contributed by atoms with Crippen molar-refractivity contribution in [3.05, 3.63) is 15.9 Å². The molecule has 2 heterocycles. The minimum absolute atomic E-state index is 0.0550. The summed E-state index contributed by atoms with van der Waals surface area (Å²) in [6.07, 6.45) is 0.268. The molecule has 1 aliphatic rings. The van der Waals surface area contributed by atoms with Gasteiger partial charge in [-0.2, -0.15) is 0 Å². The molecule has 8 heteroatoms. The van der Waals surface area contributed by atoms with Crippen molar-refractivity contribution in [2.75, 3.05) is 0 Å². The van der Waals surface area contributed by atoms with E-state index in [0.717, 1.165) is 0 Å². The normalized spacial score (nSPS) is 18.6. The van der Waals surface area contributed by atoms with Crippen LogP contribution >= 0.6 is 15.9 Å². The summed E-state index contributed by atoms with van der Waals surface area (Å²) in [5.74, 6) is 0.0599. The van der Waals surface area contributed by atoms with E-state index in [4.69, 9.17) is 9.36 Å². The lowest BCUT2D eigenvalue weighted by Crippen LogP contribution is -2.23. The van der Waals surface area contributed by atoms with E-state index < -0.39 is 15.4 Å². The molecule has 0 atom stereocenters. The molecular weight excluding hydrogens is 324 g/mol. The van der Waals surface area contributed by atoms with Gasteiger partial charge in [-0.05, 0) is 36.7 Å². The number of hydrogen-bond donors (Lipinski definition) is 0. The second-order valence-corrected chi connectivity index (χ2v) is 7.53. The molecule has 1 aliphatic heterocycles. The topological polar surface area (TPSA) is 81.8 Å². The fraction of sp³-hybridized carbons (Fsp3) is 0.600. The molecule has 1 aromatic heterocycles. The Bertz CT molecular complexity index is 603. The van der Waals surface area contributed by atoms with Crippen LogP contribution in [0.5, 0.6) is 0 Å². The highest BCUT2D eigenvalue weighted by Crippen LogP contribution is 2.27. The molecule has 2 rings (SSSR count). The van der Waals surface area contributed by atoms with Crippen molar-refractivity contribution in [1.82, 2.24) is 5.16 Å². The van der Waals surface area contributed by atoms with Gasteiger partial charge in [0.1, 0.15) is 11.4 Å². The second kappa shape index (κ2) is 4.34. The van der Waals surface area contributed by atoms with E-state index in [-0.39, 0.29) is 17.2 Å². The Morgan fingerprint density at radius 1 is 1.44 bits per heavy atom. The summed E-state index contributed by atoms with van der Waals surface area (Å²) < 4.78 is 29.8. The fourth-order valence-corrected chi connectivity index (χ4v) is 3.30. The van der Waals surface area contributed by atoms with Gasteiger partial charge in [-0.15, -0.1) is 0 Å². The Morgan fingerprint density at radius 2 is 2.11 bits per heavy atom. The van der Waals surface area contributed by atoms with E-state index in [1.807, 2.05) is 0 Å². The van der Waals surface area contributed by atoms with Crippen LogP contribution in [0, 0.1) is 6.92 Å². The molecule has 0 saturated carbocycles. The van der Waals surface area contributed by atoms with Gasteiger partial charge in [0.05, 0.1) is 0 Å². The summed E-state index contributed by atoms with van der Waals surface area (Å²) in [7, 11) is -3.52. The summed E-state index contributed by atoms with van der Waals surface area (Å²) in [5, 5.41) is 7.36. The van der Waals surface area contributed by atoms with Crippen LogP contribution in [-0.2, 0) is 20.4 Å². The maximum atomic E-state index is 12.1. The first kappa shape index (κ1) is 13.5. The van der Waals surface area contributed by atoms with Crippen molar-refractivity contribution < 1.29 is 17.8 Å². The Balaban J connectivity index is 2.22. The zero-order valence-corrected chi connectivity index (χ0v) is 12.6. The highest BCUT2D eigenvalue weighted by Gasteiger charge is 2.36. The molecule has 100 valence electrons. The van der Waals surface area contributed by atoms with Crippen LogP contribution in [0.4, 0.5) is 0 Å². The molecule has 0 amide bonds. The number of aromatic nitrogens is 1. The monoisotopic (exact) mass is 336 g/mol. The van der Waals surface area contributed by atoms with Crippen LogP contribution in [0.25, 0.3) is 0 Å². The minimum Gasteiger partial charge on any atom is -0.389 e. The number of halogens is 1. The zero-order valence-electron chi connectivity index (χ0n) is 10.2. The van der Waals surface area contributed by atoms with Crippen molar-refractivity contribution in [2.24, 2.45) is 5.16 Å². The van der Waals surface area contributed by atoms with Crippen molar-refractivity contribution in [1.29, 1.82) is 0 Å². The van der Waals surface area contributed by atoms with E-state index >= 15 is 0 Å². The van der Waals surface area contributed by atoms with E-state index in [1.54, 1.807) is 20.8 Å². The Hall–Kier alpha value is -0.890. The van der Waals surface area contributed by atoms with Gasteiger partial charge in [-0.3, -0.25) is 0 Å². The van der Waals surface area contributed by atoms with Gasteiger partial charge in [0, 0.05) is 12.0 Å². The third kappa shape index (κ3) is 2.59. The van der Waals surface area contributed by atoms with Crippen molar-refractivity contribution >= 4 is 30.8 Å². The van der Waals surface area contributed by atoms with Crippen molar-refractivity contribution in [2.45, 2.75) is 38.5 Å². The van der Waals surface area contributed by atoms with Gasteiger partial charge in [0.25, 0.3) is 0 Å². The first-order valence-electron chi connectivity index (χ1n) is 5.30. The van der Waals surface area contributed by atoms with Crippen LogP contribution in [0.2, 0.25) is 0 Å². The molecule has 0 radical (unpaired) electrons. The lowest BCUT2D eigenvalue weighted by Gasteiger charge is -2.13. The largest absolute Gasteiger partial charge is 0.389 e. The van der Waals surface area contributed by atoms with Gasteiger partial charge < -0.3 is 9.36 Å². The van der Waals surface area contributed by atoms with Gasteiger partial charge in [-0.25, -0.2) is 8.42 Å². The average Bonchev–Trinajstić information content (AvgIpc) is 2.76. The third-order valence-corrected chi connectivity index (χ3v) is 4.93. The van der Waals surface area contributed by atoms with Crippen molar-refractivity contribution in [3.63, 3.8) is 0 Å². The molecule has 0 bridgehead atoms. The van der Waals surface area contributed by atoms with Gasteiger partial charge in [0.2, 0.25) is 9.84 Å². The minimum atomic E-state index is -3.52. The number of hydrogen-bond acceptors (Lipinski definition) is 6. The molecule has 0 fully saturated rings. The molecule has 18 heavy (non-hydrogen) atoms. The molecule has 0 saturated heterocycles. The van der Waals surface area contributed by atoms with Crippen molar-refractivity contribution in [3.8, 4) is 0 Å². The fourth-order valence-electron chi connectivity index (χ4n) is 1.51. The molecule has 0 N–H and O–H groups in total. The van der Waals surface area contributed by atoms with E-state index in [1.165, 1.54) is 0 Å². The Morgan fingerprint density at radius 3 is 2.56 bits per heavy atom. The predicted octanol–water partition coefficient (Wildman–Crippen LogP) is 2.17. The first-order valence-corrected chi connectivity index (χ1v) is 7.74. The molecule has 6 nitrogen and oxygen atoms in total. The second-order valence-electron chi connectivity index (χ2n) is 4.79. The maximum Gasteiger partial charge on any atom is 0.202 e. The zero-order chi connectivity index (χ0) is 13.6. The molecule has 0 spiro atoms. The molecular formula is C10H13BrN2O4S. The summed E-state index contributed by atoms with van der Waals surface area (Å²) >= 11 is 3.17. The number of nitrogens with zero attached hydrogens (tertiary/aromatic N) is 2. The Kier molecular flexibility index (Phi) is 3.26. The summed E-state index contributed by atoms with van der Waals surface area (Å²) in [6, 6.07) is 0. The van der Waals surface area contributed by atoms with Gasteiger partial charge in [0.15, 0.2) is 15.4 Å². The van der Waals surface area contributed by atoms with Crippen LogP contribution in [-0.4, -0.2) is 24.2 Å². The molecule has 0 aromatic carbocycles. The van der Waals surface area contributed by atoms with E-state index in [0.29, 0.717) is 15.9 Å². The summed E-state index contributed by atoms with van der Waals surface area (Å²) in [5.41, 5.74) is 0.108. The smallest absolute Gasteiger partial charge is 0.202 e. The SMILES string of the molecule is Cc1c(Br)noc1CS(=O)(=O)C1=NOC(C)(C)C1. The highest BCUT2D eigenvalue weighted by atomic mass is 79.9. The quantitative estimate of drug-likeness (QED) is 0.826. The lowest BCUT2D eigenvalue weighted by atomic mass is 10.1. The van der Waals surface area contributed by atoms with Crippen LogP contribution in [0.3, 0.4) is 0 Å². The number of oxime groups is 1. The van der Waals surface area contributed by atoms with Crippen LogP contribution in [0.15, 0.2) is 14.3 Å². The van der Waals surface area contributed by atoms with Gasteiger partial charge in [-0.1, -0.05) is 10.3 Å². The lowest BCUT2D eigenvalue weighted by molar-refractivity contribution is 0.0123. The molecule has 1 aromatic rings. The summed E-state index contributed by atoms with van der Waals surface area (Å²) in [4.78, 5) is 5.07. The number of sulfone groups is 1. The van der Waals surface area contributed by atoms with Crippen LogP contribution < -0.4 is 0 Å². The summed E-state index contributed by atoms with van der Waals surface area (Å²) in [6.45, 7) is 5.31. The predicted molar refractivity (Wildman–Crippen MR) is 68.8 cm³/mol. The van der Waals surface area contributed by atoms with E-state index in [9.17, 15) is 8.42 Å². The number of rotatable bonds is 2.